The highest BCUT2D eigenvalue weighted by atomic mass is 32.1. The van der Waals surface area contributed by atoms with E-state index in [1.165, 1.54) is 4.88 Å². The maximum Gasteiger partial charge on any atom is 0.319 e. The zero-order valence-electron chi connectivity index (χ0n) is 13.7. The number of likely N-dealkylation sites (tertiary alicyclic amines) is 1. The molecule has 1 fully saturated rings. The molecule has 1 atom stereocenters. The summed E-state index contributed by atoms with van der Waals surface area (Å²) < 4.78 is 0. The van der Waals surface area contributed by atoms with Gasteiger partial charge in [-0.1, -0.05) is 18.2 Å². The van der Waals surface area contributed by atoms with Crippen LogP contribution in [0.3, 0.4) is 0 Å². The van der Waals surface area contributed by atoms with Crippen molar-refractivity contribution >= 4 is 23.1 Å². The Morgan fingerprint density at radius 2 is 2.25 bits per heavy atom. The lowest BCUT2D eigenvalue weighted by Crippen LogP contribution is -2.48. The molecule has 0 aliphatic carbocycles. The van der Waals surface area contributed by atoms with Gasteiger partial charge in [0.2, 0.25) is 0 Å². The van der Waals surface area contributed by atoms with E-state index < -0.39 is 0 Å². The predicted molar refractivity (Wildman–Crippen MR) is 99.1 cm³/mol. The Bertz CT molecular complexity index is 659. The number of urea groups is 1. The van der Waals surface area contributed by atoms with Crippen LogP contribution < -0.4 is 16.4 Å². The van der Waals surface area contributed by atoms with Gasteiger partial charge in [-0.25, -0.2) is 4.79 Å². The lowest BCUT2D eigenvalue weighted by Gasteiger charge is -2.32. The fraction of sp³-hybridized carbons (Fsp3) is 0.389. The van der Waals surface area contributed by atoms with Crippen LogP contribution >= 0.6 is 11.3 Å². The molecule has 24 heavy (non-hydrogen) atoms. The monoisotopic (exact) mass is 344 g/mol. The number of carbonyl (C=O) groups excluding carboxylic acids is 1. The molecule has 1 aliphatic rings. The first kappa shape index (κ1) is 17.0. The fourth-order valence-corrected chi connectivity index (χ4v) is 3.81. The largest absolute Gasteiger partial charge is 0.334 e. The number of nitrogens with one attached hydrogen (secondary N) is 2. The first-order chi connectivity index (χ1) is 11.7. The van der Waals surface area contributed by atoms with Gasteiger partial charge < -0.3 is 16.4 Å². The normalized spacial score (nSPS) is 18.3. The SMILES string of the molecule is NCc1cccc(NC(=O)N[C@H]2CCCN(Cc3cccs3)C2)c1. The van der Waals surface area contributed by atoms with Gasteiger partial charge in [-0.2, -0.15) is 0 Å². The first-order valence-electron chi connectivity index (χ1n) is 8.34. The zero-order valence-corrected chi connectivity index (χ0v) is 14.5. The van der Waals surface area contributed by atoms with E-state index in [4.69, 9.17) is 5.73 Å². The number of amides is 2. The number of benzene rings is 1. The Hall–Kier alpha value is -1.89. The maximum atomic E-state index is 12.2. The average molecular weight is 344 g/mol. The van der Waals surface area contributed by atoms with Crippen LogP contribution in [0.5, 0.6) is 0 Å². The second-order valence-electron chi connectivity index (χ2n) is 6.16. The summed E-state index contributed by atoms with van der Waals surface area (Å²) >= 11 is 1.79. The van der Waals surface area contributed by atoms with Crippen molar-refractivity contribution in [3.8, 4) is 0 Å². The lowest BCUT2D eigenvalue weighted by molar-refractivity contribution is 0.184. The van der Waals surface area contributed by atoms with Crippen molar-refractivity contribution in [2.45, 2.75) is 32.0 Å². The summed E-state index contributed by atoms with van der Waals surface area (Å²) in [5.41, 5.74) is 7.42. The Morgan fingerprint density at radius 3 is 3.04 bits per heavy atom. The van der Waals surface area contributed by atoms with Crippen LogP contribution in [-0.2, 0) is 13.1 Å². The summed E-state index contributed by atoms with van der Waals surface area (Å²) in [6, 6.07) is 11.9. The first-order valence-corrected chi connectivity index (χ1v) is 9.22. The van der Waals surface area contributed by atoms with E-state index in [9.17, 15) is 4.79 Å². The molecule has 0 radical (unpaired) electrons. The summed E-state index contributed by atoms with van der Waals surface area (Å²) in [5.74, 6) is 0. The maximum absolute atomic E-state index is 12.2. The van der Waals surface area contributed by atoms with Crippen molar-refractivity contribution in [1.82, 2.24) is 10.2 Å². The second-order valence-corrected chi connectivity index (χ2v) is 7.19. The van der Waals surface area contributed by atoms with Crippen molar-refractivity contribution in [3.63, 3.8) is 0 Å². The number of nitrogens with two attached hydrogens (primary N) is 1. The highest BCUT2D eigenvalue weighted by molar-refractivity contribution is 7.09. The minimum absolute atomic E-state index is 0.146. The van der Waals surface area contributed by atoms with Crippen LogP contribution in [0.25, 0.3) is 0 Å². The Balaban J connectivity index is 1.50. The van der Waals surface area contributed by atoms with E-state index in [0.29, 0.717) is 6.54 Å². The van der Waals surface area contributed by atoms with Gasteiger partial charge >= 0.3 is 6.03 Å². The molecular formula is C18H24N4OS. The molecule has 2 heterocycles. The van der Waals surface area contributed by atoms with Crippen LogP contribution in [0.2, 0.25) is 0 Å². The minimum atomic E-state index is -0.146. The van der Waals surface area contributed by atoms with E-state index in [1.54, 1.807) is 11.3 Å². The molecule has 5 nitrogen and oxygen atoms in total. The molecule has 2 aromatic rings. The highest BCUT2D eigenvalue weighted by Gasteiger charge is 2.21. The van der Waals surface area contributed by atoms with Gasteiger partial charge in [0.15, 0.2) is 0 Å². The number of piperidine rings is 1. The van der Waals surface area contributed by atoms with Crippen LogP contribution in [0.1, 0.15) is 23.3 Å². The number of nitrogens with zero attached hydrogens (tertiary/aromatic N) is 1. The molecule has 1 aromatic heterocycles. The van der Waals surface area contributed by atoms with Gasteiger partial charge in [0.05, 0.1) is 0 Å². The van der Waals surface area contributed by atoms with Crippen LogP contribution in [-0.4, -0.2) is 30.1 Å². The van der Waals surface area contributed by atoms with E-state index in [-0.39, 0.29) is 12.1 Å². The van der Waals surface area contributed by atoms with Gasteiger partial charge in [-0.15, -0.1) is 11.3 Å². The van der Waals surface area contributed by atoms with Crippen molar-refractivity contribution in [1.29, 1.82) is 0 Å². The number of thiophene rings is 1. The van der Waals surface area contributed by atoms with E-state index in [2.05, 4.69) is 33.0 Å². The fourth-order valence-electron chi connectivity index (χ4n) is 3.07. The van der Waals surface area contributed by atoms with Crippen LogP contribution in [0.4, 0.5) is 10.5 Å². The Kier molecular flexibility index (Phi) is 5.85. The molecule has 128 valence electrons. The molecule has 1 aromatic carbocycles. The third kappa shape index (κ3) is 4.80. The quantitative estimate of drug-likeness (QED) is 0.781. The highest BCUT2D eigenvalue weighted by Crippen LogP contribution is 2.17. The average Bonchev–Trinajstić information content (AvgIpc) is 3.08. The molecule has 2 amide bonds. The topological polar surface area (TPSA) is 70.4 Å². The number of anilines is 1. The van der Waals surface area contributed by atoms with Crippen molar-refractivity contribution in [2.75, 3.05) is 18.4 Å². The standard InChI is InChI=1S/C18H24N4OS/c19-11-14-4-1-5-15(10-14)20-18(23)21-16-6-2-8-22(12-16)13-17-7-3-9-24-17/h1,3-5,7,9-10,16H,2,6,8,11-13,19H2,(H2,20,21,23)/t16-/m0/s1. The summed E-state index contributed by atoms with van der Waals surface area (Å²) in [4.78, 5) is 16.0. The summed E-state index contributed by atoms with van der Waals surface area (Å²) in [5, 5.41) is 8.11. The summed E-state index contributed by atoms with van der Waals surface area (Å²) in [6.45, 7) is 3.43. The molecule has 6 heteroatoms. The number of hydrogen-bond acceptors (Lipinski definition) is 4. The van der Waals surface area contributed by atoms with Crippen LogP contribution in [0.15, 0.2) is 41.8 Å². The third-order valence-electron chi connectivity index (χ3n) is 4.22. The van der Waals surface area contributed by atoms with Crippen LogP contribution in [0, 0.1) is 0 Å². The van der Waals surface area contributed by atoms with Gasteiger partial charge in [0, 0.05) is 36.2 Å². The Labute approximate surface area is 146 Å². The number of rotatable bonds is 5. The smallest absolute Gasteiger partial charge is 0.319 e. The Morgan fingerprint density at radius 1 is 1.33 bits per heavy atom. The molecule has 1 aliphatic heterocycles. The summed E-state index contributed by atoms with van der Waals surface area (Å²) in [7, 11) is 0. The minimum Gasteiger partial charge on any atom is -0.334 e. The second kappa shape index (κ2) is 8.28. The van der Waals surface area contributed by atoms with Gasteiger partial charge in [0.1, 0.15) is 0 Å². The molecule has 0 saturated carbocycles. The van der Waals surface area contributed by atoms with Gasteiger partial charge in [-0.3, -0.25) is 4.90 Å². The molecule has 3 rings (SSSR count). The molecular weight excluding hydrogens is 320 g/mol. The van der Waals surface area contributed by atoms with Gasteiger partial charge in [0.25, 0.3) is 0 Å². The van der Waals surface area contributed by atoms with E-state index >= 15 is 0 Å². The third-order valence-corrected chi connectivity index (χ3v) is 5.08. The predicted octanol–water partition coefficient (Wildman–Crippen LogP) is 2.99. The molecule has 1 saturated heterocycles. The number of hydrogen-bond donors (Lipinski definition) is 3. The molecule has 0 spiro atoms. The summed E-state index contributed by atoms with van der Waals surface area (Å²) in [6.07, 6.45) is 2.14. The van der Waals surface area contributed by atoms with Crippen molar-refractivity contribution < 1.29 is 4.79 Å². The van der Waals surface area contributed by atoms with E-state index in [0.717, 1.165) is 43.7 Å². The lowest BCUT2D eigenvalue weighted by atomic mass is 10.1. The molecule has 0 bridgehead atoms. The zero-order chi connectivity index (χ0) is 16.8. The van der Waals surface area contributed by atoms with E-state index in [1.807, 2.05) is 24.3 Å². The molecule has 0 unspecified atom stereocenters. The van der Waals surface area contributed by atoms with Crippen molar-refractivity contribution in [3.05, 3.63) is 52.2 Å². The molecule has 4 N–H and O–H groups in total. The van der Waals surface area contributed by atoms with Crippen molar-refractivity contribution in [2.24, 2.45) is 5.73 Å². The number of carbonyl (C=O) groups is 1. The van der Waals surface area contributed by atoms with Gasteiger partial charge in [-0.05, 0) is 48.5 Å².